The number of nitrogens with one attached hydrogen (secondary N) is 1. The Balaban J connectivity index is 1.76. The molecule has 0 radical (unpaired) electrons. The molecule has 0 saturated heterocycles. The van der Waals surface area contributed by atoms with Crippen LogP contribution in [0.15, 0.2) is 54.6 Å². The zero-order valence-electron chi connectivity index (χ0n) is 15.0. The first-order valence-electron chi connectivity index (χ1n) is 8.53. The summed E-state index contributed by atoms with van der Waals surface area (Å²) in [6.07, 6.45) is 0. The van der Waals surface area contributed by atoms with Gasteiger partial charge in [0, 0.05) is 11.3 Å². The van der Waals surface area contributed by atoms with Crippen molar-refractivity contribution in [1.29, 1.82) is 0 Å². The van der Waals surface area contributed by atoms with Gasteiger partial charge in [-0.05, 0) is 31.0 Å². The van der Waals surface area contributed by atoms with Crippen molar-refractivity contribution in [3.05, 3.63) is 70.6 Å². The Labute approximate surface area is 160 Å². The molecule has 2 aromatic carbocycles. The summed E-state index contributed by atoms with van der Waals surface area (Å²) in [6.45, 7) is 3.84. The molecule has 0 bridgehead atoms. The predicted octanol–water partition coefficient (Wildman–Crippen LogP) is 4.81. The van der Waals surface area contributed by atoms with E-state index in [2.05, 4.69) is 15.3 Å². The number of nitrogens with zero attached hydrogens (tertiary/aromatic N) is 2. The standard InChI is InChI=1S/C21H18N4OS/c1-12-8-6-7-11-15(12)23-20(26)17-13(2)16-18(22)24-19(25-21(16)27-17)14-9-4-3-5-10-14/h3-11H,1-2H3,(H,23,26)(H2,22,24,25). The number of aryl methyl sites for hydroxylation is 2. The number of nitrogen functional groups attached to an aromatic ring is 1. The van der Waals surface area contributed by atoms with Gasteiger partial charge in [0.15, 0.2) is 5.82 Å². The molecule has 27 heavy (non-hydrogen) atoms. The first kappa shape index (κ1) is 17.2. The SMILES string of the molecule is Cc1ccccc1NC(=O)c1sc2nc(-c3ccccc3)nc(N)c2c1C. The zero-order valence-corrected chi connectivity index (χ0v) is 15.8. The Morgan fingerprint density at radius 2 is 1.70 bits per heavy atom. The molecule has 0 aliphatic heterocycles. The summed E-state index contributed by atoms with van der Waals surface area (Å²) in [7, 11) is 0. The van der Waals surface area contributed by atoms with E-state index in [-0.39, 0.29) is 5.91 Å². The molecular weight excluding hydrogens is 356 g/mol. The molecule has 134 valence electrons. The summed E-state index contributed by atoms with van der Waals surface area (Å²) in [5, 5.41) is 3.72. The average molecular weight is 374 g/mol. The van der Waals surface area contributed by atoms with Crippen LogP contribution in [-0.4, -0.2) is 15.9 Å². The highest BCUT2D eigenvalue weighted by Crippen LogP contribution is 2.34. The number of para-hydroxylation sites is 1. The van der Waals surface area contributed by atoms with Crippen molar-refractivity contribution in [2.75, 3.05) is 11.1 Å². The fraction of sp³-hybridized carbons (Fsp3) is 0.0952. The van der Waals surface area contributed by atoms with Gasteiger partial charge in [-0.15, -0.1) is 11.3 Å². The molecule has 0 aliphatic rings. The van der Waals surface area contributed by atoms with E-state index in [0.29, 0.717) is 21.3 Å². The van der Waals surface area contributed by atoms with Crippen molar-refractivity contribution in [2.24, 2.45) is 0 Å². The molecule has 1 amide bonds. The quantitative estimate of drug-likeness (QED) is 0.539. The summed E-state index contributed by atoms with van der Waals surface area (Å²) < 4.78 is 0. The summed E-state index contributed by atoms with van der Waals surface area (Å²) in [6, 6.07) is 17.4. The van der Waals surface area contributed by atoms with Crippen molar-refractivity contribution in [2.45, 2.75) is 13.8 Å². The van der Waals surface area contributed by atoms with Crippen LogP contribution in [-0.2, 0) is 0 Å². The molecule has 5 nitrogen and oxygen atoms in total. The van der Waals surface area contributed by atoms with Gasteiger partial charge in [0.2, 0.25) is 0 Å². The third-order valence-electron chi connectivity index (χ3n) is 4.45. The molecule has 0 saturated carbocycles. The van der Waals surface area contributed by atoms with Crippen molar-refractivity contribution in [3.63, 3.8) is 0 Å². The zero-order chi connectivity index (χ0) is 19.0. The topological polar surface area (TPSA) is 80.9 Å². The van der Waals surface area contributed by atoms with Crippen molar-refractivity contribution < 1.29 is 4.79 Å². The largest absolute Gasteiger partial charge is 0.383 e. The molecule has 0 atom stereocenters. The van der Waals surface area contributed by atoms with Gasteiger partial charge in [-0.2, -0.15) is 0 Å². The monoisotopic (exact) mass is 374 g/mol. The fourth-order valence-electron chi connectivity index (χ4n) is 2.99. The van der Waals surface area contributed by atoms with Crippen molar-refractivity contribution in [3.8, 4) is 11.4 Å². The molecule has 3 N–H and O–H groups in total. The van der Waals surface area contributed by atoms with Crippen LogP contribution in [0.25, 0.3) is 21.6 Å². The van der Waals surface area contributed by atoms with Crippen LogP contribution in [0.2, 0.25) is 0 Å². The number of carbonyl (C=O) groups excluding carboxylic acids is 1. The van der Waals surface area contributed by atoms with E-state index in [9.17, 15) is 4.79 Å². The number of hydrogen-bond donors (Lipinski definition) is 2. The van der Waals surface area contributed by atoms with Crippen LogP contribution in [0.4, 0.5) is 11.5 Å². The first-order valence-corrected chi connectivity index (χ1v) is 9.35. The summed E-state index contributed by atoms with van der Waals surface area (Å²) in [4.78, 5) is 23.2. The minimum absolute atomic E-state index is 0.162. The van der Waals surface area contributed by atoms with Gasteiger partial charge in [0.05, 0.1) is 10.3 Å². The lowest BCUT2D eigenvalue weighted by atomic mass is 10.1. The van der Waals surface area contributed by atoms with E-state index < -0.39 is 0 Å². The van der Waals surface area contributed by atoms with Gasteiger partial charge in [0.1, 0.15) is 10.6 Å². The average Bonchev–Trinajstić information content (AvgIpc) is 3.01. The van der Waals surface area contributed by atoms with Crippen LogP contribution >= 0.6 is 11.3 Å². The number of rotatable bonds is 3. The van der Waals surface area contributed by atoms with E-state index >= 15 is 0 Å². The summed E-state index contributed by atoms with van der Waals surface area (Å²) in [5.41, 5.74) is 9.71. The number of aromatic nitrogens is 2. The third kappa shape index (κ3) is 3.15. The number of fused-ring (bicyclic) bond motifs is 1. The fourth-order valence-corrected chi connectivity index (χ4v) is 4.08. The Kier molecular flexibility index (Phi) is 4.33. The summed E-state index contributed by atoms with van der Waals surface area (Å²) in [5.74, 6) is 0.792. The summed E-state index contributed by atoms with van der Waals surface area (Å²) >= 11 is 1.34. The Hall–Kier alpha value is -3.25. The van der Waals surface area contributed by atoms with Gasteiger partial charge >= 0.3 is 0 Å². The lowest BCUT2D eigenvalue weighted by Gasteiger charge is -2.07. The van der Waals surface area contributed by atoms with Gasteiger partial charge in [-0.1, -0.05) is 48.5 Å². The van der Waals surface area contributed by atoms with Crippen LogP contribution in [0.3, 0.4) is 0 Å². The predicted molar refractivity (Wildman–Crippen MR) is 111 cm³/mol. The highest BCUT2D eigenvalue weighted by atomic mass is 32.1. The number of anilines is 2. The van der Waals surface area contributed by atoms with E-state index in [1.54, 1.807) is 0 Å². The number of amides is 1. The smallest absolute Gasteiger partial charge is 0.266 e. The highest BCUT2D eigenvalue weighted by Gasteiger charge is 2.20. The van der Waals surface area contributed by atoms with Crippen LogP contribution < -0.4 is 11.1 Å². The Morgan fingerprint density at radius 3 is 2.44 bits per heavy atom. The van der Waals surface area contributed by atoms with Crippen LogP contribution in [0.5, 0.6) is 0 Å². The number of thiophene rings is 1. The minimum atomic E-state index is -0.162. The maximum atomic E-state index is 12.8. The second-order valence-corrected chi connectivity index (χ2v) is 7.30. The molecule has 6 heteroatoms. The molecule has 2 heterocycles. The molecule has 2 aromatic heterocycles. The van der Waals surface area contributed by atoms with Crippen molar-refractivity contribution >= 4 is 39.0 Å². The molecule has 4 rings (SSSR count). The lowest BCUT2D eigenvalue weighted by molar-refractivity contribution is 0.103. The Morgan fingerprint density at radius 1 is 1.00 bits per heavy atom. The van der Waals surface area contributed by atoms with Gasteiger partial charge < -0.3 is 11.1 Å². The number of hydrogen-bond acceptors (Lipinski definition) is 5. The van der Waals surface area contributed by atoms with Crippen LogP contribution in [0, 0.1) is 13.8 Å². The second kappa shape index (κ2) is 6.81. The highest BCUT2D eigenvalue weighted by molar-refractivity contribution is 7.20. The number of benzene rings is 2. The van der Waals surface area contributed by atoms with E-state index in [4.69, 9.17) is 5.73 Å². The van der Waals surface area contributed by atoms with Crippen molar-refractivity contribution in [1.82, 2.24) is 9.97 Å². The lowest BCUT2D eigenvalue weighted by Crippen LogP contribution is -2.12. The Bertz CT molecular complexity index is 1150. The molecule has 0 fully saturated rings. The molecule has 0 aliphatic carbocycles. The maximum Gasteiger partial charge on any atom is 0.266 e. The first-order chi connectivity index (χ1) is 13.0. The molecule has 0 unspecified atom stereocenters. The van der Waals surface area contributed by atoms with E-state index in [0.717, 1.165) is 27.8 Å². The third-order valence-corrected chi connectivity index (χ3v) is 5.63. The molecular formula is C21H18N4OS. The van der Waals surface area contributed by atoms with E-state index in [1.165, 1.54) is 11.3 Å². The van der Waals surface area contributed by atoms with Gasteiger partial charge in [-0.25, -0.2) is 9.97 Å². The van der Waals surface area contributed by atoms with Gasteiger partial charge in [-0.3, -0.25) is 4.79 Å². The van der Waals surface area contributed by atoms with E-state index in [1.807, 2.05) is 68.4 Å². The van der Waals surface area contributed by atoms with Crippen LogP contribution in [0.1, 0.15) is 20.8 Å². The number of nitrogens with two attached hydrogens (primary N) is 1. The van der Waals surface area contributed by atoms with Gasteiger partial charge in [0.25, 0.3) is 5.91 Å². The normalized spacial score (nSPS) is 10.9. The second-order valence-electron chi connectivity index (χ2n) is 6.30. The number of carbonyl (C=O) groups is 1. The molecule has 0 spiro atoms. The minimum Gasteiger partial charge on any atom is -0.383 e. The molecule has 4 aromatic rings. The maximum absolute atomic E-state index is 12.8.